The molecule has 3 heteroatoms. The quantitative estimate of drug-likeness (QED) is 0.787. The highest BCUT2D eigenvalue weighted by atomic mass is 32.2. The van der Waals surface area contributed by atoms with Crippen molar-refractivity contribution >= 4 is 10.8 Å². The van der Waals surface area contributed by atoms with Crippen molar-refractivity contribution in [1.82, 2.24) is 5.32 Å². The third-order valence-electron chi connectivity index (χ3n) is 3.55. The van der Waals surface area contributed by atoms with Crippen LogP contribution in [0.4, 0.5) is 0 Å². The first-order valence-corrected chi connectivity index (χ1v) is 7.60. The van der Waals surface area contributed by atoms with E-state index in [0.29, 0.717) is 17.2 Å². The Labute approximate surface area is 96.7 Å². The van der Waals surface area contributed by atoms with E-state index in [1.807, 2.05) is 7.05 Å². The SMILES string of the molecule is CCC(C)CS(=O)C1CCCC(NC)C1. The number of nitrogens with one attached hydrogen (secondary N) is 1. The van der Waals surface area contributed by atoms with Crippen molar-refractivity contribution in [1.29, 1.82) is 0 Å². The summed E-state index contributed by atoms with van der Waals surface area (Å²) in [6.07, 6.45) is 5.92. The summed E-state index contributed by atoms with van der Waals surface area (Å²) < 4.78 is 12.1. The molecule has 0 aromatic rings. The molecule has 0 radical (unpaired) electrons. The standard InChI is InChI=1S/C12H25NOS/c1-4-10(2)9-15(14)12-7-5-6-11(8-12)13-3/h10-13H,4-9H2,1-3H3. The maximum absolute atomic E-state index is 12.1. The normalized spacial score (nSPS) is 31.1. The summed E-state index contributed by atoms with van der Waals surface area (Å²) in [6.45, 7) is 4.38. The Kier molecular flexibility index (Phi) is 5.83. The second kappa shape index (κ2) is 6.64. The van der Waals surface area contributed by atoms with Gasteiger partial charge in [0.15, 0.2) is 0 Å². The van der Waals surface area contributed by atoms with Crippen molar-refractivity contribution in [2.24, 2.45) is 5.92 Å². The Balaban J connectivity index is 2.38. The van der Waals surface area contributed by atoms with Gasteiger partial charge in [0.2, 0.25) is 0 Å². The van der Waals surface area contributed by atoms with Crippen LogP contribution < -0.4 is 5.32 Å². The molecule has 0 amide bonds. The maximum atomic E-state index is 12.1. The first kappa shape index (κ1) is 13.2. The van der Waals surface area contributed by atoms with Crippen LogP contribution in [0.15, 0.2) is 0 Å². The molecule has 0 spiro atoms. The van der Waals surface area contributed by atoms with E-state index in [4.69, 9.17) is 0 Å². The summed E-state index contributed by atoms with van der Waals surface area (Å²) in [5.74, 6) is 1.51. The first-order valence-electron chi connectivity index (χ1n) is 6.21. The van der Waals surface area contributed by atoms with Gasteiger partial charge in [0.1, 0.15) is 0 Å². The molecular weight excluding hydrogens is 206 g/mol. The van der Waals surface area contributed by atoms with Gasteiger partial charge in [-0.3, -0.25) is 4.21 Å². The van der Waals surface area contributed by atoms with Crippen molar-refractivity contribution in [3.05, 3.63) is 0 Å². The molecule has 90 valence electrons. The van der Waals surface area contributed by atoms with E-state index in [9.17, 15) is 4.21 Å². The van der Waals surface area contributed by atoms with Gasteiger partial charge in [-0.15, -0.1) is 0 Å². The summed E-state index contributed by atoms with van der Waals surface area (Å²) in [6, 6.07) is 0.602. The highest BCUT2D eigenvalue weighted by molar-refractivity contribution is 7.85. The molecule has 2 nitrogen and oxygen atoms in total. The Morgan fingerprint density at radius 2 is 2.20 bits per heavy atom. The van der Waals surface area contributed by atoms with Gasteiger partial charge in [-0.1, -0.05) is 26.7 Å². The summed E-state index contributed by atoms with van der Waals surface area (Å²) in [4.78, 5) is 0. The molecule has 4 unspecified atom stereocenters. The maximum Gasteiger partial charge on any atom is 0.0362 e. The van der Waals surface area contributed by atoms with Crippen molar-refractivity contribution in [3.63, 3.8) is 0 Å². The lowest BCUT2D eigenvalue weighted by Crippen LogP contribution is -2.36. The van der Waals surface area contributed by atoms with Gasteiger partial charge in [0.05, 0.1) is 0 Å². The van der Waals surface area contributed by atoms with Crippen molar-refractivity contribution in [2.45, 2.75) is 57.2 Å². The predicted molar refractivity (Wildman–Crippen MR) is 67.6 cm³/mol. The lowest BCUT2D eigenvalue weighted by atomic mass is 9.95. The average Bonchev–Trinajstić information content (AvgIpc) is 2.28. The smallest absolute Gasteiger partial charge is 0.0362 e. The van der Waals surface area contributed by atoms with Crippen LogP contribution >= 0.6 is 0 Å². The monoisotopic (exact) mass is 231 g/mol. The first-order chi connectivity index (χ1) is 7.17. The van der Waals surface area contributed by atoms with E-state index in [-0.39, 0.29) is 0 Å². The molecule has 0 aromatic heterocycles. The molecule has 0 aliphatic heterocycles. The van der Waals surface area contributed by atoms with Crippen LogP contribution in [0.1, 0.15) is 46.0 Å². The topological polar surface area (TPSA) is 29.1 Å². The third kappa shape index (κ3) is 4.23. The molecular formula is C12H25NOS. The summed E-state index contributed by atoms with van der Waals surface area (Å²) >= 11 is 0. The van der Waals surface area contributed by atoms with E-state index >= 15 is 0 Å². The van der Waals surface area contributed by atoms with Gasteiger partial charge in [-0.25, -0.2) is 0 Å². The van der Waals surface area contributed by atoms with Gasteiger partial charge in [0.25, 0.3) is 0 Å². The largest absolute Gasteiger partial charge is 0.317 e. The molecule has 1 rings (SSSR count). The van der Waals surface area contributed by atoms with Gasteiger partial charge >= 0.3 is 0 Å². The Hall–Kier alpha value is 0.110. The summed E-state index contributed by atoms with van der Waals surface area (Å²) in [5.41, 5.74) is 0. The minimum Gasteiger partial charge on any atom is -0.317 e. The number of hydrogen-bond acceptors (Lipinski definition) is 2. The van der Waals surface area contributed by atoms with E-state index in [1.165, 1.54) is 19.3 Å². The summed E-state index contributed by atoms with van der Waals surface area (Å²) in [5, 5.41) is 3.77. The molecule has 1 fully saturated rings. The van der Waals surface area contributed by atoms with Gasteiger partial charge in [0, 0.05) is 27.8 Å². The van der Waals surface area contributed by atoms with E-state index in [2.05, 4.69) is 19.2 Å². The predicted octanol–water partition coefficient (Wildman–Crippen LogP) is 2.31. The molecule has 0 aromatic carbocycles. The molecule has 1 saturated carbocycles. The van der Waals surface area contributed by atoms with Gasteiger partial charge in [-0.2, -0.15) is 0 Å². The average molecular weight is 231 g/mol. The third-order valence-corrected chi connectivity index (χ3v) is 5.62. The van der Waals surface area contributed by atoms with Crippen LogP contribution in [0.3, 0.4) is 0 Å². The van der Waals surface area contributed by atoms with Crippen LogP contribution in [-0.4, -0.2) is 28.3 Å². The molecule has 0 heterocycles. The van der Waals surface area contributed by atoms with Gasteiger partial charge in [-0.05, 0) is 32.2 Å². The van der Waals surface area contributed by atoms with Crippen LogP contribution in [0, 0.1) is 5.92 Å². The fraction of sp³-hybridized carbons (Fsp3) is 1.00. The highest BCUT2D eigenvalue weighted by Gasteiger charge is 2.25. The number of hydrogen-bond donors (Lipinski definition) is 1. The minimum absolute atomic E-state index is 0.449. The van der Waals surface area contributed by atoms with Crippen molar-refractivity contribution in [3.8, 4) is 0 Å². The van der Waals surface area contributed by atoms with Crippen molar-refractivity contribution in [2.75, 3.05) is 12.8 Å². The lowest BCUT2D eigenvalue weighted by Gasteiger charge is -2.28. The second-order valence-corrected chi connectivity index (χ2v) is 6.60. The molecule has 4 atom stereocenters. The lowest BCUT2D eigenvalue weighted by molar-refractivity contribution is 0.397. The number of rotatable bonds is 5. The fourth-order valence-electron chi connectivity index (χ4n) is 2.18. The van der Waals surface area contributed by atoms with Crippen LogP contribution in [0.5, 0.6) is 0 Å². The van der Waals surface area contributed by atoms with Crippen molar-refractivity contribution < 1.29 is 4.21 Å². The van der Waals surface area contributed by atoms with Gasteiger partial charge < -0.3 is 5.32 Å². The molecule has 15 heavy (non-hydrogen) atoms. The van der Waals surface area contributed by atoms with E-state index < -0.39 is 10.8 Å². The van der Waals surface area contributed by atoms with E-state index in [0.717, 1.165) is 18.6 Å². The molecule has 0 saturated heterocycles. The highest BCUT2D eigenvalue weighted by Crippen LogP contribution is 2.23. The zero-order valence-electron chi connectivity index (χ0n) is 10.3. The Bertz CT molecular complexity index is 208. The Morgan fingerprint density at radius 1 is 1.47 bits per heavy atom. The van der Waals surface area contributed by atoms with Crippen LogP contribution in [0.2, 0.25) is 0 Å². The molecule has 0 bridgehead atoms. The molecule has 1 N–H and O–H groups in total. The van der Waals surface area contributed by atoms with Crippen LogP contribution in [-0.2, 0) is 10.8 Å². The molecule has 1 aliphatic carbocycles. The van der Waals surface area contributed by atoms with E-state index in [1.54, 1.807) is 0 Å². The van der Waals surface area contributed by atoms with Crippen LogP contribution in [0.25, 0.3) is 0 Å². The zero-order chi connectivity index (χ0) is 11.3. The molecule has 1 aliphatic rings. The zero-order valence-corrected chi connectivity index (χ0v) is 11.1. The second-order valence-electron chi connectivity index (χ2n) is 4.84. The minimum atomic E-state index is -0.599. The summed E-state index contributed by atoms with van der Waals surface area (Å²) in [7, 11) is 1.42. The fourth-order valence-corrected chi connectivity index (χ4v) is 4.13. The Morgan fingerprint density at radius 3 is 2.80 bits per heavy atom.